The number of carbonyl (C=O) groups excluding carboxylic acids is 1. The van der Waals surface area contributed by atoms with E-state index in [1.807, 2.05) is 25.1 Å². The van der Waals surface area contributed by atoms with Gasteiger partial charge in [-0.15, -0.1) is 0 Å². The van der Waals surface area contributed by atoms with Gasteiger partial charge in [-0.2, -0.15) is 0 Å². The molecular formula is C13H16O3. The molecule has 3 heteroatoms. The van der Waals surface area contributed by atoms with Crippen LogP contribution in [-0.2, 0) is 4.74 Å². The minimum atomic E-state index is -0.308. The average molecular weight is 220 g/mol. The minimum absolute atomic E-state index is 0.0413. The summed E-state index contributed by atoms with van der Waals surface area (Å²) in [7, 11) is 0. The molecule has 0 aliphatic heterocycles. The molecule has 86 valence electrons. The zero-order valence-electron chi connectivity index (χ0n) is 9.56. The van der Waals surface area contributed by atoms with Gasteiger partial charge in [-0.3, -0.25) is 0 Å². The summed E-state index contributed by atoms with van der Waals surface area (Å²) >= 11 is 0. The van der Waals surface area contributed by atoms with Crippen LogP contribution in [-0.4, -0.2) is 24.3 Å². The molecule has 1 aromatic rings. The Hall–Kier alpha value is -1.61. The highest BCUT2D eigenvalue weighted by Crippen LogP contribution is 2.09. The van der Waals surface area contributed by atoms with Crippen LogP contribution in [0.4, 0.5) is 0 Å². The van der Waals surface area contributed by atoms with Crippen molar-refractivity contribution in [2.75, 3.05) is 13.2 Å². The summed E-state index contributed by atoms with van der Waals surface area (Å²) < 4.78 is 4.88. The van der Waals surface area contributed by atoms with Crippen LogP contribution in [0.15, 0.2) is 29.8 Å². The normalized spacial score (nSPS) is 11.3. The van der Waals surface area contributed by atoms with Gasteiger partial charge in [0.05, 0.1) is 18.8 Å². The van der Waals surface area contributed by atoms with E-state index in [1.54, 1.807) is 19.1 Å². The van der Waals surface area contributed by atoms with Crippen molar-refractivity contribution in [1.29, 1.82) is 0 Å². The van der Waals surface area contributed by atoms with E-state index in [2.05, 4.69) is 0 Å². The molecule has 0 aromatic heterocycles. The Bertz CT molecular complexity index is 377. The Morgan fingerprint density at radius 3 is 2.50 bits per heavy atom. The van der Waals surface area contributed by atoms with Gasteiger partial charge in [0.25, 0.3) is 0 Å². The molecule has 0 unspecified atom stereocenters. The van der Waals surface area contributed by atoms with E-state index in [1.165, 1.54) is 0 Å². The monoisotopic (exact) mass is 220 g/mol. The topological polar surface area (TPSA) is 46.5 Å². The summed E-state index contributed by atoms with van der Waals surface area (Å²) in [5.74, 6) is -0.308. The smallest absolute Gasteiger partial charge is 0.338 e. The fourth-order valence-corrected chi connectivity index (χ4v) is 1.26. The Labute approximate surface area is 95.4 Å². The third kappa shape index (κ3) is 3.51. The molecule has 0 saturated carbocycles. The summed E-state index contributed by atoms with van der Waals surface area (Å²) in [5, 5.41) is 8.87. The third-order valence-electron chi connectivity index (χ3n) is 2.08. The standard InChI is InChI=1S/C13H16O3/c1-3-16-13(15)12-6-4-11(5-7-12)8-10(2)9-14/h4-8,14H,3,9H2,1-2H3/b10-8+. The predicted molar refractivity (Wildman–Crippen MR) is 63.1 cm³/mol. The Morgan fingerprint density at radius 2 is 2.00 bits per heavy atom. The van der Waals surface area contributed by atoms with Crippen LogP contribution in [0.3, 0.4) is 0 Å². The van der Waals surface area contributed by atoms with Crippen LogP contribution >= 0.6 is 0 Å². The number of hydrogen-bond donors (Lipinski definition) is 1. The zero-order valence-corrected chi connectivity index (χ0v) is 9.56. The zero-order chi connectivity index (χ0) is 12.0. The maximum absolute atomic E-state index is 11.4. The maximum Gasteiger partial charge on any atom is 0.338 e. The summed E-state index contributed by atoms with van der Waals surface area (Å²) in [6, 6.07) is 7.08. The number of aliphatic hydroxyl groups excluding tert-OH is 1. The van der Waals surface area contributed by atoms with E-state index >= 15 is 0 Å². The van der Waals surface area contributed by atoms with Crippen molar-refractivity contribution in [1.82, 2.24) is 0 Å². The second kappa shape index (κ2) is 6.08. The number of hydrogen-bond acceptors (Lipinski definition) is 3. The summed E-state index contributed by atoms with van der Waals surface area (Å²) in [5.41, 5.74) is 2.38. The van der Waals surface area contributed by atoms with Crippen molar-refractivity contribution < 1.29 is 14.6 Å². The lowest BCUT2D eigenvalue weighted by atomic mass is 10.1. The molecule has 0 heterocycles. The van der Waals surface area contributed by atoms with Gasteiger partial charge in [0.2, 0.25) is 0 Å². The van der Waals surface area contributed by atoms with Gasteiger partial charge < -0.3 is 9.84 Å². The van der Waals surface area contributed by atoms with E-state index in [0.717, 1.165) is 11.1 Å². The number of ether oxygens (including phenoxy) is 1. The SMILES string of the molecule is CCOC(=O)c1ccc(/C=C(\C)CO)cc1. The number of carbonyl (C=O) groups is 1. The highest BCUT2D eigenvalue weighted by Gasteiger charge is 2.04. The van der Waals surface area contributed by atoms with Gasteiger partial charge >= 0.3 is 5.97 Å². The molecule has 0 saturated heterocycles. The number of esters is 1. The Morgan fingerprint density at radius 1 is 1.38 bits per heavy atom. The molecule has 0 radical (unpaired) electrons. The van der Waals surface area contributed by atoms with E-state index in [9.17, 15) is 4.79 Å². The summed E-state index contributed by atoms with van der Waals surface area (Å²) in [4.78, 5) is 11.4. The first-order chi connectivity index (χ1) is 7.67. The first-order valence-electron chi connectivity index (χ1n) is 5.22. The number of aliphatic hydroxyl groups is 1. The van der Waals surface area contributed by atoms with Crippen molar-refractivity contribution in [2.45, 2.75) is 13.8 Å². The molecule has 1 aromatic carbocycles. The molecule has 1 N–H and O–H groups in total. The molecule has 3 nitrogen and oxygen atoms in total. The molecule has 16 heavy (non-hydrogen) atoms. The maximum atomic E-state index is 11.4. The second-order valence-electron chi connectivity index (χ2n) is 3.49. The first kappa shape index (κ1) is 12.5. The molecule has 0 aliphatic rings. The lowest BCUT2D eigenvalue weighted by Gasteiger charge is -2.02. The first-order valence-corrected chi connectivity index (χ1v) is 5.22. The molecule has 0 fully saturated rings. The van der Waals surface area contributed by atoms with Crippen molar-refractivity contribution in [2.24, 2.45) is 0 Å². The lowest BCUT2D eigenvalue weighted by molar-refractivity contribution is 0.0526. The van der Waals surface area contributed by atoms with Crippen molar-refractivity contribution >= 4 is 12.0 Å². The van der Waals surface area contributed by atoms with Crippen molar-refractivity contribution in [3.05, 3.63) is 41.0 Å². The van der Waals surface area contributed by atoms with Gasteiger partial charge in [0, 0.05) is 0 Å². The summed E-state index contributed by atoms with van der Waals surface area (Å²) in [6.07, 6.45) is 1.87. The van der Waals surface area contributed by atoms with E-state index in [0.29, 0.717) is 12.2 Å². The van der Waals surface area contributed by atoms with Gasteiger partial charge in [-0.1, -0.05) is 18.2 Å². The summed E-state index contributed by atoms with van der Waals surface area (Å²) in [6.45, 7) is 4.04. The Kier molecular flexibility index (Phi) is 4.73. The molecule has 0 spiro atoms. The van der Waals surface area contributed by atoms with Crippen LogP contribution in [0.25, 0.3) is 6.08 Å². The molecule has 0 bridgehead atoms. The highest BCUT2D eigenvalue weighted by molar-refractivity contribution is 5.89. The molecule has 1 rings (SSSR count). The van der Waals surface area contributed by atoms with Crippen molar-refractivity contribution in [3.8, 4) is 0 Å². The number of benzene rings is 1. The van der Waals surface area contributed by atoms with Crippen LogP contribution in [0, 0.1) is 0 Å². The largest absolute Gasteiger partial charge is 0.462 e. The van der Waals surface area contributed by atoms with Crippen LogP contribution < -0.4 is 0 Å². The molecule has 0 amide bonds. The predicted octanol–water partition coefficient (Wildman–Crippen LogP) is 2.26. The van der Waals surface area contributed by atoms with Gasteiger partial charge in [0.1, 0.15) is 0 Å². The lowest BCUT2D eigenvalue weighted by Crippen LogP contribution is -2.04. The van der Waals surface area contributed by atoms with E-state index < -0.39 is 0 Å². The number of rotatable bonds is 4. The molecule has 0 atom stereocenters. The van der Waals surface area contributed by atoms with Gasteiger partial charge in [0.15, 0.2) is 0 Å². The molecular weight excluding hydrogens is 204 g/mol. The minimum Gasteiger partial charge on any atom is -0.462 e. The quantitative estimate of drug-likeness (QED) is 0.792. The fraction of sp³-hybridized carbons (Fsp3) is 0.308. The highest BCUT2D eigenvalue weighted by atomic mass is 16.5. The van der Waals surface area contributed by atoms with Gasteiger partial charge in [-0.25, -0.2) is 4.79 Å². The Balaban J connectivity index is 2.79. The second-order valence-corrected chi connectivity index (χ2v) is 3.49. The van der Waals surface area contributed by atoms with Gasteiger partial charge in [-0.05, 0) is 37.1 Å². The molecule has 0 aliphatic carbocycles. The van der Waals surface area contributed by atoms with E-state index in [4.69, 9.17) is 9.84 Å². The van der Waals surface area contributed by atoms with Crippen molar-refractivity contribution in [3.63, 3.8) is 0 Å². The third-order valence-corrected chi connectivity index (χ3v) is 2.08. The van der Waals surface area contributed by atoms with Crippen LogP contribution in [0.2, 0.25) is 0 Å². The van der Waals surface area contributed by atoms with Crippen LogP contribution in [0.5, 0.6) is 0 Å². The average Bonchev–Trinajstić information content (AvgIpc) is 2.30. The van der Waals surface area contributed by atoms with Crippen LogP contribution in [0.1, 0.15) is 29.8 Å². The fourth-order valence-electron chi connectivity index (χ4n) is 1.26. The van der Waals surface area contributed by atoms with E-state index in [-0.39, 0.29) is 12.6 Å².